The van der Waals surface area contributed by atoms with E-state index < -0.39 is 18.2 Å². The molecule has 188 valence electrons. The lowest BCUT2D eigenvalue weighted by Crippen LogP contribution is -2.67. The van der Waals surface area contributed by atoms with Crippen molar-refractivity contribution in [1.82, 2.24) is 20.2 Å². The number of hydrogen-bond donors (Lipinski definition) is 0. The van der Waals surface area contributed by atoms with E-state index in [9.17, 15) is 8.42 Å². The third-order valence-corrected chi connectivity index (χ3v) is 13.0. The van der Waals surface area contributed by atoms with Crippen LogP contribution in [0.2, 0.25) is 5.04 Å². The van der Waals surface area contributed by atoms with Gasteiger partial charge in [0.1, 0.15) is 0 Å². The van der Waals surface area contributed by atoms with Gasteiger partial charge in [-0.15, -0.1) is 0 Å². The number of nitrogens with zero attached hydrogens (tertiary/aromatic N) is 4. The van der Waals surface area contributed by atoms with Crippen molar-refractivity contribution >= 4 is 28.5 Å². The van der Waals surface area contributed by atoms with Crippen LogP contribution in [0, 0.1) is 5.92 Å². The van der Waals surface area contributed by atoms with Crippen molar-refractivity contribution in [1.29, 1.82) is 0 Å². The summed E-state index contributed by atoms with van der Waals surface area (Å²) in [5.41, 5.74) is 0.595. The maximum atomic E-state index is 13.4. The Morgan fingerprint density at radius 1 is 0.861 bits per heavy atom. The summed E-state index contributed by atoms with van der Waals surface area (Å²) >= 11 is 0. The second-order valence-corrected chi connectivity index (χ2v) is 16.3. The fourth-order valence-corrected chi connectivity index (χ4v) is 10.9. The minimum atomic E-state index is -3.77. The number of para-hydroxylation sites is 1. The summed E-state index contributed by atoms with van der Waals surface area (Å²) in [5, 5.41) is 13.3. The van der Waals surface area contributed by atoms with Crippen molar-refractivity contribution in [2.24, 2.45) is 5.92 Å². The Bertz CT molecular complexity index is 1330. The first-order valence-electron chi connectivity index (χ1n) is 12.0. The molecule has 0 bridgehead atoms. The first kappa shape index (κ1) is 25.9. The molecular formula is C27H32N4O3SSi. The Kier molecular flexibility index (Phi) is 7.53. The highest BCUT2D eigenvalue weighted by atomic mass is 32.2. The number of sulfone groups is 1. The maximum absolute atomic E-state index is 13.4. The number of hydrogen-bond acceptors (Lipinski definition) is 6. The number of rotatable bonds is 9. The highest BCUT2D eigenvalue weighted by Gasteiger charge is 2.50. The largest absolute Gasteiger partial charge is 0.407 e. The SMILES string of the molecule is C[C@H](CO[Si](c1ccccc1)(c1ccccc1)C(C)(C)C)CS(=O)(=O)c1nnnn1-c1ccccc1. The van der Waals surface area contributed by atoms with Crippen LogP contribution in [0.3, 0.4) is 0 Å². The van der Waals surface area contributed by atoms with E-state index in [-0.39, 0.29) is 21.9 Å². The topological polar surface area (TPSA) is 87.0 Å². The normalized spacial score (nSPS) is 13.4. The van der Waals surface area contributed by atoms with Gasteiger partial charge < -0.3 is 4.43 Å². The third-order valence-electron chi connectivity index (χ3n) is 6.22. The summed E-state index contributed by atoms with van der Waals surface area (Å²) in [7, 11) is -6.52. The Balaban J connectivity index is 1.62. The molecule has 3 aromatic carbocycles. The lowest BCUT2D eigenvalue weighted by molar-refractivity contribution is 0.256. The highest BCUT2D eigenvalue weighted by molar-refractivity contribution is 7.91. The molecule has 0 amide bonds. The minimum Gasteiger partial charge on any atom is -0.407 e. The maximum Gasteiger partial charge on any atom is 0.272 e. The predicted molar refractivity (Wildman–Crippen MR) is 144 cm³/mol. The Labute approximate surface area is 214 Å². The van der Waals surface area contributed by atoms with Gasteiger partial charge in [0.25, 0.3) is 13.5 Å². The zero-order valence-corrected chi connectivity index (χ0v) is 22.9. The number of aromatic nitrogens is 4. The Morgan fingerprint density at radius 2 is 1.36 bits per heavy atom. The second kappa shape index (κ2) is 10.5. The smallest absolute Gasteiger partial charge is 0.272 e. The van der Waals surface area contributed by atoms with Crippen molar-refractivity contribution in [3.8, 4) is 5.69 Å². The third kappa shape index (κ3) is 5.18. The zero-order valence-electron chi connectivity index (χ0n) is 21.1. The van der Waals surface area contributed by atoms with Crippen LogP contribution in [0.1, 0.15) is 27.7 Å². The molecule has 0 radical (unpaired) electrons. The summed E-state index contributed by atoms with van der Waals surface area (Å²) in [5.74, 6) is -0.407. The molecule has 0 fully saturated rings. The monoisotopic (exact) mass is 520 g/mol. The minimum absolute atomic E-state index is 0.127. The van der Waals surface area contributed by atoms with Gasteiger partial charge in [0.05, 0.1) is 11.4 Å². The molecule has 0 saturated heterocycles. The van der Waals surface area contributed by atoms with Gasteiger partial charge in [0.2, 0.25) is 9.84 Å². The van der Waals surface area contributed by atoms with Gasteiger partial charge in [-0.1, -0.05) is 112 Å². The van der Waals surface area contributed by atoms with E-state index in [0.717, 1.165) is 10.4 Å². The van der Waals surface area contributed by atoms with Crippen LogP contribution in [0.25, 0.3) is 5.69 Å². The lowest BCUT2D eigenvalue weighted by atomic mass is 10.2. The first-order chi connectivity index (χ1) is 17.1. The van der Waals surface area contributed by atoms with Gasteiger partial charge in [-0.2, -0.15) is 4.68 Å². The molecular weight excluding hydrogens is 488 g/mol. The van der Waals surface area contributed by atoms with E-state index in [1.807, 2.05) is 61.5 Å². The second-order valence-electron chi connectivity index (χ2n) is 10.1. The van der Waals surface area contributed by atoms with Gasteiger partial charge >= 0.3 is 0 Å². The Hall–Kier alpha value is -3.14. The fourth-order valence-electron chi connectivity index (χ4n) is 4.63. The van der Waals surface area contributed by atoms with E-state index in [4.69, 9.17) is 4.43 Å². The predicted octanol–water partition coefficient (Wildman–Crippen LogP) is 3.65. The van der Waals surface area contributed by atoms with E-state index in [1.54, 1.807) is 12.1 Å². The average Bonchev–Trinajstić information content (AvgIpc) is 3.37. The molecule has 1 aromatic heterocycles. The van der Waals surface area contributed by atoms with Crippen LogP contribution in [0.4, 0.5) is 0 Å². The van der Waals surface area contributed by atoms with E-state index in [1.165, 1.54) is 4.68 Å². The molecule has 0 aliphatic rings. The van der Waals surface area contributed by atoms with Gasteiger partial charge in [0.15, 0.2) is 0 Å². The summed E-state index contributed by atoms with van der Waals surface area (Å²) in [6, 6.07) is 29.7. The summed E-state index contributed by atoms with van der Waals surface area (Å²) in [6.07, 6.45) is 0. The molecule has 0 saturated carbocycles. The molecule has 0 unspecified atom stereocenters. The van der Waals surface area contributed by atoms with Crippen LogP contribution in [-0.2, 0) is 14.3 Å². The summed E-state index contributed by atoms with van der Waals surface area (Å²) in [6.45, 7) is 8.79. The zero-order chi connectivity index (χ0) is 25.8. The average molecular weight is 521 g/mol. The molecule has 36 heavy (non-hydrogen) atoms. The van der Waals surface area contributed by atoms with Crippen molar-refractivity contribution < 1.29 is 12.8 Å². The Morgan fingerprint density at radius 3 is 1.86 bits per heavy atom. The molecule has 0 aliphatic carbocycles. The van der Waals surface area contributed by atoms with Crippen LogP contribution < -0.4 is 10.4 Å². The van der Waals surface area contributed by atoms with Crippen molar-refractivity contribution in [2.75, 3.05) is 12.4 Å². The van der Waals surface area contributed by atoms with Crippen LogP contribution >= 0.6 is 0 Å². The molecule has 0 N–H and O–H groups in total. The van der Waals surface area contributed by atoms with E-state index in [0.29, 0.717) is 12.3 Å². The summed E-state index contributed by atoms with van der Waals surface area (Å²) in [4.78, 5) is 0. The first-order valence-corrected chi connectivity index (χ1v) is 15.5. The van der Waals surface area contributed by atoms with E-state index >= 15 is 0 Å². The molecule has 0 aliphatic heterocycles. The molecule has 4 aromatic rings. The van der Waals surface area contributed by atoms with Gasteiger partial charge in [-0.25, -0.2) is 8.42 Å². The molecule has 9 heteroatoms. The number of benzene rings is 3. The van der Waals surface area contributed by atoms with Crippen molar-refractivity contribution in [2.45, 2.75) is 37.9 Å². The summed E-state index contributed by atoms with van der Waals surface area (Å²) < 4.78 is 34.9. The standard InChI is InChI=1S/C27H32N4O3SSi/c1-22(21-35(32,33)26-28-29-30-31(26)23-14-8-5-9-15-23)20-34-36(27(2,3)4,24-16-10-6-11-17-24)25-18-12-7-13-19-25/h5-19,22H,20-21H2,1-4H3/t22-/m1/s1. The molecule has 4 rings (SSSR count). The quantitative estimate of drug-likeness (QED) is 0.313. The fraction of sp³-hybridized carbons (Fsp3) is 0.296. The van der Waals surface area contributed by atoms with Gasteiger partial charge in [0, 0.05) is 6.61 Å². The highest BCUT2D eigenvalue weighted by Crippen LogP contribution is 2.37. The van der Waals surface area contributed by atoms with E-state index in [2.05, 4.69) is 60.6 Å². The van der Waals surface area contributed by atoms with Crippen LogP contribution in [-0.4, -0.2) is 49.3 Å². The molecule has 1 atom stereocenters. The van der Waals surface area contributed by atoms with Crippen molar-refractivity contribution in [3.05, 3.63) is 91.0 Å². The van der Waals surface area contributed by atoms with Crippen LogP contribution in [0.5, 0.6) is 0 Å². The van der Waals surface area contributed by atoms with Gasteiger partial charge in [-0.3, -0.25) is 0 Å². The molecule has 1 heterocycles. The lowest BCUT2D eigenvalue weighted by Gasteiger charge is -2.43. The molecule has 0 spiro atoms. The van der Waals surface area contributed by atoms with Gasteiger partial charge in [-0.05, 0) is 43.9 Å². The van der Waals surface area contributed by atoms with Crippen LogP contribution in [0.15, 0.2) is 96.2 Å². The molecule has 7 nitrogen and oxygen atoms in total. The van der Waals surface area contributed by atoms with Crippen molar-refractivity contribution in [3.63, 3.8) is 0 Å². The number of tetrazole rings is 1.